The molecule has 2 rings (SSSR count). The number of hydrogen-bond donors (Lipinski definition) is 1. The zero-order valence-electron chi connectivity index (χ0n) is 10.5. The standard InChI is InChI=1S/C12H20N4O/c1-9-6-11(13)15-12(14-9)8-16-5-3-4-10(7-16)17-2/h6,10H,3-5,7-8H2,1-2H3,(H2,13,14,15). The van der Waals surface area contributed by atoms with Gasteiger partial charge in [-0.1, -0.05) is 0 Å². The van der Waals surface area contributed by atoms with Gasteiger partial charge in [0.25, 0.3) is 0 Å². The number of ether oxygens (including phenoxy) is 1. The number of likely N-dealkylation sites (tertiary alicyclic amines) is 1. The van der Waals surface area contributed by atoms with Crippen molar-refractivity contribution in [2.75, 3.05) is 25.9 Å². The Bertz CT molecular complexity index is 363. The van der Waals surface area contributed by atoms with Crippen LogP contribution in [0, 0.1) is 6.92 Å². The number of methoxy groups -OCH3 is 1. The Morgan fingerprint density at radius 2 is 2.35 bits per heavy atom. The van der Waals surface area contributed by atoms with E-state index < -0.39 is 0 Å². The summed E-state index contributed by atoms with van der Waals surface area (Å²) in [7, 11) is 1.77. The van der Waals surface area contributed by atoms with E-state index in [9.17, 15) is 0 Å². The molecule has 1 aliphatic rings. The van der Waals surface area contributed by atoms with Crippen LogP contribution in [0.3, 0.4) is 0 Å². The first kappa shape index (κ1) is 12.3. The molecule has 0 aliphatic carbocycles. The zero-order chi connectivity index (χ0) is 12.3. The van der Waals surface area contributed by atoms with Crippen molar-refractivity contribution in [1.29, 1.82) is 0 Å². The minimum Gasteiger partial charge on any atom is -0.384 e. The van der Waals surface area contributed by atoms with Crippen molar-refractivity contribution in [3.05, 3.63) is 17.6 Å². The van der Waals surface area contributed by atoms with Crippen molar-refractivity contribution in [3.63, 3.8) is 0 Å². The van der Waals surface area contributed by atoms with Gasteiger partial charge in [0.05, 0.1) is 12.6 Å². The minimum atomic E-state index is 0.339. The Labute approximate surface area is 102 Å². The Kier molecular flexibility index (Phi) is 3.91. The number of anilines is 1. The molecule has 0 aromatic carbocycles. The Balaban J connectivity index is 2.00. The fourth-order valence-electron chi connectivity index (χ4n) is 2.28. The molecule has 1 aliphatic heterocycles. The lowest BCUT2D eigenvalue weighted by Crippen LogP contribution is -2.39. The van der Waals surface area contributed by atoms with Crippen LogP contribution in [0.2, 0.25) is 0 Å². The molecule has 1 aromatic heterocycles. The van der Waals surface area contributed by atoms with E-state index in [1.165, 1.54) is 6.42 Å². The third-order valence-corrected chi connectivity index (χ3v) is 3.08. The summed E-state index contributed by atoms with van der Waals surface area (Å²) in [4.78, 5) is 11.0. The smallest absolute Gasteiger partial charge is 0.144 e. The Morgan fingerprint density at radius 1 is 1.53 bits per heavy atom. The van der Waals surface area contributed by atoms with Crippen LogP contribution in [0.25, 0.3) is 0 Å². The van der Waals surface area contributed by atoms with E-state index in [0.717, 1.165) is 37.6 Å². The molecule has 2 heterocycles. The summed E-state index contributed by atoms with van der Waals surface area (Å²) in [6, 6.07) is 1.79. The fourth-order valence-corrected chi connectivity index (χ4v) is 2.28. The first-order valence-corrected chi connectivity index (χ1v) is 6.02. The number of piperidine rings is 1. The Hall–Kier alpha value is -1.20. The summed E-state index contributed by atoms with van der Waals surface area (Å²) in [5, 5.41) is 0. The van der Waals surface area contributed by atoms with Crippen molar-refractivity contribution < 1.29 is 4.74 Å². The number of nitrogens with two attached hydrogens (primary N) is 1. The summed E-state index contributed by atoms with van der Waals surface area (Å²) in [6.07, 6.45) is 2.65. The molecular weight excluding hydrogens is 216 g/mol. The van der Waals surface area contributed by atoms with Gasteiger partial charge in [-0.2, -0.15) is 0 Å². The maximum Gasteiger partial charge on any atom is 0.144 e. The molecule has 2 N–H and O–H groups in total. The maximum absolute atomic E-state index is 5.72. The van der Waals surface area contributed by atoms with Gasteiger partial charge in [-0.3, -0.25) is 4.90 Å². The first-order valence-electron chi connectivity index (χ1n) is 6.02. The van der Waals surface area contributed by atoms with E-state index in [2.05, 4.69) is 14.9 Å². The molecule has 5 heteroatoms. The molecule has 0 saturated carbocycles. The highest BCUT2D eigenvalue weighted by Crippen LogP contribution is 2.14. The van der Waals surface area contributed by atoms with Crippen LogP contribution in [0.5, 0.6) is 0 Å². The van der Waals surface area contributed by atoms with Crippen LogP contribution >= 0.6 is 0 Å². The molecule has 0 amide bonds. The van der Waals surface area contributed by atoms with Crippen LogP contribution in [0.15, 0.2) is 6.07 Å². The maximum atomic E-state index is 5.72. The van der Waals surface area contributed by atoms with E-state index in [1.807, 2.05) is 6.92 Å². The second-order valence-corrected chi connectivity index (χ2v) is 4.59. The van der Waals surface area contributed by atoms with Gasteiger partial charge in [-0.15, -0.1) is 0 Å². The molecule has 5 nitrogen and oxygen atoms in total. The van der Waals surface area contributed by atoms with Gasteiger partial charge in [0.15, 0.2) is 0 Å². The molecule has 1 unspecified atom stereocenters. The average molecular weight is 236 g/mol. The molecule has 1 aromatic rings. The summed E-state index contributed by atoms with van der Waals surface area (Å²) in [5.74, 6) is 1.35. The summed E-state index contributed by atoms with van der Waals surface area (Å²) in [5.41, 5.74) is 6.65. The van der Waals surface area contributed by atoms with Crippen LogP contribution in [-0.4, -0.2) is 41.2 Å². The summed E-state index contributed by atoms with van der Waals surface area (Å²) >= 11 is 0. The van der Waals surface area contributed by atoms with Crippen molar-refractivity contribution in [2.24, 2.45) is 0 Å². The highest BCUT2D eigenvalue weighted by atomic mass is 16.5. The quantitative estimate of drug-likeness (QED) is 0.847. The molecule has 0 radical (unpaired) electrons. The van der Waals surface area contributed by atoms with Crippen LogP contribution < -0.4 is 5.73 Å². The van der Waals surface area contributed by atoms with Gasteiger partial charge in [0.2, 0.25) is 0 Å². The lowest BCUT2D eigenvalue weighted by atomic mass is 10.1. The SMILES string of the molecule is COC1CCCN(Cc2nc(C)cc(N)n2)C1. The Morgan fingerprint density at radius 3 is 3.06 bits per heavy atom. The number of aryl methyl sites for hydroxylation is 1. The van der Waals surface area contributed by atoms with E-state index in [4.69, 9.17) is 10.5 Å². The van der Waals surface area contributed by atoms with Crippen LogP contribution in [0.4, 0.5) is 5.82 Å². The van der Waals surface area contributed by atoms with E-state index in [0.29, 0.717) is 11.9 Å². The van der Waals surface area contributed by atoms with Crippen molar-refractivity contribution in [1.82, 2.24) is 14.9 Å². The summed E-state index contributed by atoms with van der Waals surface area (Å²) in [6.45, 7) is 4.73. The minimum absolute atomic E-state index is 0.339. The predicted octanol–water partition coefficient (Wildman–Crippen LogP) is 0.978. The molecular formula is C12H20N4O. The topological polar surface area (TPSA) is 64.3 Å². The lowest BCUT2D eigenvalue weighted by Gasteiger charge is -2.31. The zero-order valence-corrected chi connectivity index (χ0v) is 10.5. The first-order chi connectivity index (χ1) is 8.17. The molecule has 1 atom stereocenters. The number of nitrogen functional groups attached to an aromatic ring is 1. The highest BCUT2D eigenvalue weighted by molar-refractivity contribution is 5.29. The molecule has 17 heavy (non-hydrogen) atoms. The average Bonchev–Trinajstić information content (AvgIpc) is 2.28. The molecule has 0 bridgehead atoms. The number of aromatic nitrogens is 2. The second-order valence-electron chi connectivity index (χ2n) is 4.59. The van der Waals surface area contributed by atoms with Gasteiger partial charge in [0.1, 0.15) is 11.6 Å². The van der Waals surface area contributed by atoms with Crippen molar-refractivity contribution >= 4 is 5.82 Å². The van der Waals surface area contributed by atoms with E-state index in [-0.39, 0.29) is 0 Å². The third-order valence-electron chi connectivity index (χ3n) is 3.08. The van der Waals surface area contributed by atoms with Crippen LogP contribution in [0.1, 0.15) is 24.4 Å². The largest absolute Gasteiger partial charge is 0.384 e. The third kappa shape index (κ3) is 3.38. The number of nitrogens with zero attached hydrogens (tertiary/aromatic N) is 3. The normalized spacial score (nSPS) is 21.6. The van der Waals surface area contributed by atoms with Gasteiger partial charge < -0.3 is 10.5 Å². The fraction of sp³-hybridized carbons (Fsp3) is 0.667. The molecule has 1 fully saturated rings. The monoisotopic (exact) mass is 236 g/mol. The molecule has 1 saturated heterocycles. The summed E-state index contributed by atoms with van der Waals surface area (Å²) < 4.78 is 5.40. The molecule has 94 valence electrons. The highest BCUT2D eigenvalue weighted by Gasteiger charge is 2.20. The lowest BCUT2D eigenvalue weighted by molar-refractivity contribution is 0.0277. The second kappa shape index (κ2) is 5.42. The van der Waals surface area contributed by atoms with E-state index >= 15 is 0 Å². The van der Waals surface area contributed by atoms with Crippen molar-refractivity contribution in [2.45, 2.75) is 32.4 Å². The van der Waals surface area contributed by atoms with E-state index in [1.54, 1.807) is 13.2 Å². The van der Waals surface area contributed by atoms with Gasteiger partial charge in [0, 0.05) is 25.4 Å². The van der Waals surface area contributed by atoms with Gasteiger partial charge >= 0.3 is 0 Å². The van der Waals surface area contributed by atoms with Crippen LogP contribution in [-0.2, 0) is 11.3 Å². The van der Waals surface area contributed by atoms with Gasteiger partial charge in [-0.25, -0.2) is 9.97 Å². The number of hydrogen-bond acceptors (Lipinski definition) is 5. The predicted molar refractivity (Wildman–Crippen MR) is 66.5 cm³/mol. The van der Waals surface area contributed by atoms with Gasteiger partial charge in [-0.05, 0) is 26.3 Å². The van der Waals surface area contributed by atoms with Crippen molar-refractivity contribution in [3.8, 4) is 0 Å². The number of rotatable bonds is 3. The molecule has 0 spiro atoms.